The van der Waals surface area contributed by atoms with Gasteiger partial charge in [0, 0.05) is 11.4 Å². The van der Waals surface area contributed by atoms with E-state index in [0.717, 1.165) is 0 Å². The Morgan fingerprint density at radius 1 is 1.47 bits per heavy atom. The van der Waals surface area contributed by atoms with Gasteiger partial charge in [-0.15, -0.1) is 0 Å². The molecule has 4 N–H and O–H groups in total. The summed E-state index contributed by atoms with van der Waals surface area (Å²) in [6.07, 6.45) is 0. The fourth-order valence-electron chi connectivity index (χ4n) is 1.51. The molecule has 1 heterocycles. The van der Waals surface area contributed by atoms with E-state index in [1.165, 1.54) is 0 Å². The van der Waals surface area contributed by atoms with Gasteiger partial charge in [0.2, 0.25) is 0 Å². The summed E-state index contributed by atoms with van der Waals surface area (Å²) in [5, 5.41) is 22.1. The second-order valence-corrected chi connectivity index (χ2v) is 4.05. The predicted molar refractivity (Wildman–Crippen MR) is 65.0 cm³/mol. The Labute approximate surface area is 98.0 Å². The molecule has 0 radical (unpaired) electrons. The van der Waals surface area contributed by atoms with Crippen LogP contribution in [0.4, 0.5) is 10.6 Å². The maximum Gasteiger partial charge on any atom is 0.320 e. The number of aromatic amines is 1. The summed E-state index contributed by atoms with van der Waals surface area (Å²) in [5.41, 5.74) is 0.683. The smallest absolute Gasteiger partial charge is 0.320 e. The SMILES string of the molecule is CC(C)NC(=O)Nc1[nH]nc2ccc(O)cc12. The first-order valence-corrected chi connectivity index (χ1v) is 5.31. The number of hydrogen-bond acceptors (Lipinski definition) is 3. The molecule has 2 aromatic rings. The van der Waals surface area contributed by atoms with Crippen LogP contribution in [0.2, 0.25) is 0 Å². The number of carbonyl (C=O) groups excluding carboxylic acids is 1. The second-order valence-electron chi connectivity index (χ2n) is 4.05. The van der Waals surface area contributed by atoms with Crippen LogP contribution in [0.25, 0.3) is 10.9 Å². The van der Waals surface area contributed by atoms with Gasteiger partial charge in [-0.05, 0) is 32.0 Å². The van der Waals surface area contributed by atoms with Gasteiger partial charge in [0.1, 0.15) is 11.6 Å². The zero-order valence-electron chi connectivity index (χ0n) is 9.61. The molecule has 90 valence electrons. The molecule has 0 aliphatic carbocycles. The van der Waals surface area contributed by atoms with Crippen molar-refractivity contribution in [3.63, 3.8) is 0 Å². The summed E-state index contributed by atoms with van der Waals surface area (Å²) in [6, 6.07) is 4.50. The van der Waals surface area contributed by atoms with Gasteiger partial charge in [-0.1, -0.05) is 0 Å². The molecule has 1 aromatic carbocycles. The Morgan fingerprint density at radius 3 is 2.94 bits per heavy atom. The first-order valence-electron chi connectivity index (χ1n) is 5.31. The molecule has 0 spiro atoms. The molecule has 2 rings (SSSR count). The molecule has 6 nitrogen and oxygen atoms in total. The van der Waals surface area contributed by atoms with Crippen LogP contribution in [0.3, 0.4) is 0 Å². The monoisotopic (exact) mass is 234 g/mol. The normalized spacial score (nSPS) is 10.8. The van der Waals surface area contributed by atoms with Crippen molar-refractivity contribution in [1.82, 2.24) is 15.5 Å². The number of urea groups is 1. The van der Waals surface area contributed by atoms with Crippen molar-refractivity contribution in [2.45, 2.75) is 19.9 Å². The van der Waals surface area contributed by atoms with Gasteiger partial charge in [0.15, 0.2) is 0 Å². The molecule has 1 aromatic heterocycles. The molecule has 0 atom stereocenters. The van der Waals surface area contributed by atoms with Crippen LogP contribution in [0.5, 0.6) is 5.75 Å². The first-order chi connectivity index (χ1) is 8.06. The maximum absolute atomic E-state index is 11.5. The first kappa shape index (κ1) is 11.3. The Morgan fingerprint density at radius 2 is 2.24 bits per heavy atom. The largest absolute Gasteiger partial charge is 0.508 e. The van der Waals surface area contributed by atoms with Crippen LogP contribution in [0, 0.1) is 0 Å². The van der Waals surface area contributed by atoms with Crippen molar-refractivity contribution in [2.24, 2.45) is 0 Å². The van der Waals surface area contributed by atoms with Gasteiger partial charge < -0.3 is 10.4 Å². The molecule has 6 heteroatoms. The van der Waals surface area contributed by atoms with Gasteiger partial charge in [-0.25, -0.2) is 4.79 Å². The summed E-state index contributed by atoms with van der Waals surface area (Å²) in [7, 11) is 0. The number of H-pyrrole nitrogens is 1. The van der Waals surface area contributed by atoms with E-state index in [1.807, 2.05) is 13.8 Å². The number of hydrogen-bond donors (Lipinski definition) is 4. The quantitative estimate of drug-likeness (QED) is 0.638. The number of phenols is 1. The number of aromatic nitrogens is 2. The highest BCUT2D eigenvalue weighted by Gasteiger charge is 2.09. The number of nitrogens with zero attached hydrogens (tertiary/aromatic N) is 1. The van der Waals surface area contributed by atoms with Crippen LogP contribution in [-0.2, 0) is 0 Å². The number of carbonyl (C=O) groups is 1. The molecule has 0 unspecified atom stereocenters. The van der Waals surface area contributed by atoms with Crippen molar-refractivity contribution in [3.05, 3.63) is 18.2 Å². The van der Waals surface area contributed by atoms with Crippen LogP contribution in [-0.4, -0.2) is 27.4 Å². The van der Waals surface area contributed by atoms with E-state index in [2.05, 4.69) is 20.8 Å². The fourth-order valence-corrected chi connectivity index (χ4v) is 1.51. The van der Waals surface area contributed by atoms with Gasteiger partial charge in [0.05, 0.1) is 5.52 Å². The topological polar surface area (TPSA) is 90.0 Å². The Hall–Kier alpha value is -2.24. The molecule has 0 bridgehead atoms. The van der Waals surface area contributed by atoms with E-state index in [-0.39, 0.29) is 17.8 Å². The molecule has 2 amide bonds. The third kappa shape index (κ3) is 2.47. The summed E-state index contributed by atoms with van der Waals surface area (Å²) >= 11 is 0. The van der Waals surface area contributed by atoms with Gasteiger partial charge in [-0.3, -0.25) is 10.4 Å². The van der Waals surface area contributed by atoms with E-state index < -0.39 is 0 Å². The van der Waals surface area contributed by atoms with Crippen molar-refractivity contribution in [1.29, 1.82) is 0 Å². The van der Waals surface area contributed by atoms with Crippen LogP contribution >= 0.6 is 0 Å². The molecule has 0 fully saturated rings. The number of amides is 2. The Balaban J connectivity index is 2.24. The molecular formula is C11H14N4O2. The predicted octanol–water partition coefficient (Wildman–Crippen LogP) is 1.80. The summed E-state index contributed by atoms with van der Waals surface area (Å²) in [5.74, 6) is 0.597. The van der Waals surface area contributed by atoms with Crippen LogP contribution in [0.15, 0.2) is 18.2 Å². The minimum atomic E-state index is -0.311. The van der Waals surface area contributed by atoms with E-state index in [4.69, 9.17) is 0 Å². The number of fused-ring (bicyclic) bond motifs is 1. The highest BCUT2D eigenvalue weighted by molar-refractivity contribution is 5.99. The summed E-state index contributed by atoms with van der Waals surface area (Å²) in [4.78, 5) is 11.5. The number of anilines is 1. The van der Waals surface area contributed by atoms with Crippen LogP contribution in [0.1, 0.15) is 13.8 Å². The summed E-state index contributed by atoms with van der Waals surface area (Å²) in [6.45, 7) is 3.74. The van der Waals surface area contributed by atoms with Crippen molar-refractivity contribution < 1.29 is 9.90 Å². The van der Waals surface area contributed by atoms with Crippen molar-refractivity contribution in [2.75, 3.05) is 5.32 Å². The fraction of sp³-hybridized carbons (Fsp3) is 0.273. The second kappa shape index (κ2) is 4.32. The number of nitrogens with one attached hydrogen (secondary N) is 3. The number of phenolic OH excluding ortho intramolecular Hbond substituents is 1. The van der Waals surface area contributed by atoms with E-state index in [0.29, 0.717) is 16.7 Å². The van der Waals surface area contributed by atoms with Crippen molar-refractivity contribution >= 4 is 22.8 Å². The van der Waals surface area contributed by atoms with E-state index >= 15 is 0 Å². The van der Waals surface area contributed by atoms with Gasteiger partial charge in [0.25, 0.3) is 0 Å². The molecule has 0 aliphatic rings. The number of aromatic hydroxyl groups is 1. The lowest BCUT2D eigenvalue weighted by atomic mass is 10.2. The van der Waals surface area contributed by atoms with E-state index in [9.17, 15) is 9.90 Å². The number of rotatable bonds is 2. The van der Waals surface area contributed by atoms with Gasteiger partial charge >= 0.3 is 6.03 Å². The lowest BCUT2D eigenvalue weighted by Gasteiger charge is -2.08. The molecule has 0 saturated carbocycles. The minimum Gasteiger partial charge on any atom is -0.508 e. The molecule has 0 saturated heterocycles. The van der Waals surface area contributed by atoms with Crippen LogP contribution < -0.4 is 10.6 Å². The van der Waals surface area contributed by atoms with Gasteiger partial charge in [-0.2, -0.15) is 5.10 Å². The minimum absolute atomic E-state index is 0.0533. The highest BCUT2D eigenvalue weighted by Crippen LogP contribution is 2.24. The lowest BCUT2D eigenvalue weighted by molar-refractivity contribution is 0.250. The van der Waals surface area contributed by atoms with E-state index in [1.54, 1.807) is 18.2 Å². The summed E-state index contributed by atoms with van der Waals surface area (Å²) < 4.78 is 0. The molecule has 17 heavy (non-hydrogen) atoms. The van der Waals surface area contributed by atoms with Crippen molar-refractivity contribution in [3.8, 4) is 5.75 Å². The molecular weight excluding hydrogens is 220 g/mol. The Bertz CT molecular complexity index is 547. The highest BCUT2D eigenvalue weighted by atomic mass is 16.3. The molecule has 0 aliphatic heterocycles. The average molecular weight is 234 g/mol. The standard InChI is InChI=1S/C11H14N4O2/c1-6(2)12-11(17)13-10-8-5-7(16)3-4-9(8)14-15-10/h3-6,16H,1-2H3,(H3,12,13,14,15,17). The zero-order chi connectivity index (χ0) is 12.4. The maximum atomic E-state index is 11.5. The average Bonchev–Trinajstić information content (AvgIpc) is 2.60. The zero-order valence-corrected chi connectivity index (χ0v) is 9.61. The third-order valence-corrected chi connectivity index (χ3v) is 2.20. The third-order valence-electron chi connectivity index (χ3n) is 2.20. The number of benzene rings is 1. The Kier molecular flexibility index (Phi) is 2.86. The lowest BCUT2D eigenvalue weighted by Crippen LogP contribution is -2.34.